The molecule has 2 atom stereocenters. The fraction of sp³-hybridized carbons (Fsp3) is 0.250. The number of nitrogens with one attached hydrogen (secondary N) is 1. The predicted molar refractivity (Wildman–Crippen MR) is 96.9 cm³/mol. The molecule has 0 spiro atoms. The molecular formula is C16H16Cl2N4S. The van der Waals surface area contributed by atoms with Crippen LogP contribution in [0.2, 0.25) is 10.3 Å². The second kappa shape index (κ2) is 6.23. The topological polar surface area (TPSA) is 52.9 Å². The van der Waals surface area contributed by atoms with E-state index in [4.69, 9.17) is 28.0 Å². The number of hydrogen-bond acceptors (Lipinski definition) is 4. The molecule has 120 valence electrons. The lowest BCUT2D eigenvalue weighted by Gasteiger charge is -2.38. The quantitative estimate of drug-likeness (QED) is 0.793. The Kier molecular flexibility index (Phi) is 4.45. The molecule has 1 N–H and O–H groups in total. The summed E-state index contributed by atoms with van der Waals surface area (Å²) in [4.78, 5) is 10.1. The molecule has 2 aromatic heterocycles. The molecule has 23 heavy (non-hydrogen) atoms. The highest BCUT2D eigenvalue weighted by Crippen LogP contribution is 2.39. The zero-order chi connectivity index (χ0) is 16.6. The Morgan fingerprint density at radius 3 is 2.35 bits per heavy atom. The maximum atomic E-state index is 8.55. The fourth-order valence-corrected chi connectivity index (χ4v) is 4.54. The summed E-state index contributed by atoms with van der Waals surface area (Å²) in [5.41, 5.74) is 3.04. The lowest BCUT2D eigenvalue weighted by molar-refractivity contribution is 0.630. The number of aromatic nitrogens is 2. The van der Waals surface area contributed by atoms with Gasteiger partial charge in [0.25, 0.3) is 0 Å². The van der Waals surface area contributed by atoms with E-state index >= 15 is 0 Å². The van der Waals surface area contributed by atoms with Gasteiger partial charge in [-0.05, 0) is 37.6 Å². The number of nitrogens with zero attached hydrogens (tertiary/aromatic N) is 3. The van der Waals surface area contributed by atoms with E-state index in [9.17, 15) is 0 Å². The lowest BCUT2D eigenvalue weighted by atomic mass is 10.1. The van der Waals surface area contributed by atoms with E-state index in [1.807, 2.05) is 24.5 Å². The number of rotatable bonds is 3. The SMILES string of the molecule is CC1=CS(=N)C(C)(Cc2ccc(Cl)nc2)N1c1ccc(Cl)nc1. The van der Waals surface area contributed by atoms with Crippen LogP contribution in [0.1, 0.15) is 19.4 Å². The summed E-state index contributed by atoms with van der Waals surface area (Å²) in [6.07, 6.45) is 4.22. The van der Waals surface area contributed by atoms with Crippen LogP contribution >= 0.6 is 23.2 Å². The van der Waals surface area contributed by atoms with Crippen LogP contribution in [0.25, 0.3) is 0 Å². The van der Waals surface area contributed by atoms with Crippen LogP contribution in [-0.2, 0) is 17.1 Å². The van der Waals surface area contributed by atoms with Crippen molar-refractivity contribution in [3.63, 3.8) is 0 Å². The van der Waals surface area contributed by atoms with Gasteiger partial charge in [-0.15, -0.1) is 0 Å². The molecule has 2 aromatic rings. The largest absolute Gasteiger partial charge is 0.327 e. The molecule has 0 fully saturated rings. The second-order valence-electron chi connectivity index (χ2n) is 5.61. The molecule has 0 radical (unpaired) electrons. The van der Waals surface area contributed by atoms with Crippen LogP contribution in [0, 0.1) is 4.78 Å². The van der Waals surface area contributed by atoms with Crippen LogP contribution < -0.4 is 4.90 Å². The molecule has 1 aliphatic rings. The highest BCUT2D eigenvalue weighted by atomic mass is 35.5. The Morgan fingerprint density at radius 1 is 1.13 bits per heavy atom. The Balaban J connectivity index is 1.98. The average molecular weight is 367 g/mol. The van der Waals surface area contributed by atoms with Crippen molar-refractivity contribution in [2.45, 2.75) is 25.1 Å². The van der Waals surface area contributed by atoms with Crippen molar-refractivity contribution in [1.82, 2.24) is 9.97 Å². The van der Waals surface area contributed by atoms with Crippen molar-refractivity contribution in [2.75, 3.05) is 4.90 Å². The van der Waals surface area contributed by atoms with Gasteiger partial charge in [0.15, 0.2) is 0 Å². The summed E-state index contributed by atoms with van der Waals surface area (Å²) in [7, 11) is -0.656. The van der Waals surface area contributed by atoms with Gasteiger partial charge in [0.2, 0.25) is 0 Å². The molecule has 3 rings (SSSR count). The van der Waals surface area contributed by atoms with Crippen LogP contribution in [0.5, 0.6) is 0 Å². The highest BCUT2D eigenvalue weighted by Gasteiger charge is 2.41. The zero-order valence-electron chi connectivity index (χ0n) is 12.8. The van der Waals surface area contributed by atoms with Gasteiger partial charge < -0.3 is 4.90 Å². The highest BCUT2D eigenvalue weighted by molar-refractivity contribution is 7.90. The number of pyridine rings is 2. The van der Waals surface area contributed by atoms with Crippen molar-refractivity contribution in [3.8, 4) is 0 Å². The van der Waals surface area contributed by atoms with Gasteiger partial charge in [0, 0.05) is 23.7 Å². The molecule has 4 nitrogen and oxygen atoms in total. The number of anilines is 1. The summed E-state index contributed by atoms with van der Waals surface area (Å²) in [5, 5.41) is 2.93. The molecule has 0 amide bonds. The Bertz CT molecular complexity index is 774. The van der Waals surface area contributed by atoms with E-state index in [1.54, 1.807) is 24.5 Å². The first-order valence-corrected chi connectivity index (χ1v) is 9.09. The van der Waals surface area contributed by atoms with E-state index in [0.717, 1.165) is 16.9 Å². The Hall–Kier alpha value is -1.43. The molecule has 0 aromatic carbocycles. The predicted octanol–water partition coefficient (Wildman–Crippen LogP) is 4.80. The van der Waals surface area contributed by atoms with Gasteiger partial charge in [-0.3, -0.25) is 4.78 Å². The number of hydrogen-bond donors (Lipinski definition) is 1. The fourth-order valence-electron chi connectivity index (χ4n) is 2.85. The van der Waals surface area contributed by atoms with Crippen molar-refractivity contribution >= 4 is 39.6 Å². The van der Waals surface area contributed by atoms with Gasteiger partial charge in [-0.25, -0.2) is 9.97 Å². The Morgan fingerprint density at radius 2 is 1.78 bits per heavy atom. The van der Waals surface area contributed by atoms with E-state index in [-0.39, 0.29) is 0 Å². The first-order valence-electron chi connectivity index (χ1n) is 7.05. The molecule has 0 saturated heterocycles. The maximum Gasteiger partial charge on any atom is 0.129 e. The lowest BCUT2D eigenvalue weighted by Crippen LogP contribution is -2.45. The standard InChI is InChI=1S/C16H16Cl2N4S/c1-11-10-23(19)16(2,7-12-3-5-14(17)20-8-12)22(11)13-4-6-15(18)21-9-13/h3-6,8-10,19H,7H2,1-2H3. The summed E-state index contributed by atoms with van der Waals surface area (Å²) in [6.45, 7) is 4.12. The van der Waals surface area contributed by atoms with Crippen LogP contribution in [0.15, 0.2) is 47.8 Å². The zero-order valence-corrected chi connectivity index (χ0v) is 15.1. The Labute approximate surface area is 148 Å². The maximum absolute atomic E-state index is 8.55. The van der Waals surface area contributed by atoms with Crippen LogP contribution in [0.4, 0.5) is 5.69 Å². The minimum atomic E-state index is -0.656. The van der Waals surface area contributed by atoms with Crippen LogP contribution in [-0.4, -0.2) is 14.8 Å². The average Bonchev–Trinajstić information content (AvgIpc) is 2.73. The smallest absolute Gasteiger partial charge is 0.129 e. The third kappa shape index (κ3) is 3.13. The van der Waals surface area contributed by atoms with Crippen molar-refractivity contribution in [1.29, 1.82) is 4.78 Å². The number of allylic oxidation sites excluding steroid dienone is 1. The van der Waals surface area contributed by atoms with Gasteiger partial charge in [0.1, 0.15) is 15.2 Å². The van der Waals surface area contributed by atoms with Crippen LogP contribution in [0.3, 0.4) is 0 Å². The first-order chi connectivity index (χ1) is 10.9. The molecule has 7 heteroatoms. The van der Waals surface area contributed by atoms with Gasteiger partial charge in [-0.2, -0.15) is 0 Å². The molecule has 3 heterocycles. The minimum absolute atomic E-state index is 0.394. The first kappa shape index (κ1) is 16.4. The molecule has 0 bridgehead atoms. The van der Waals surface area contributed by atoms with E-state index < -0.39 is 15.6 Å². The van der Waals surface area contributed by atoms with E-state index in [1.165, 1.54) is 0 Å². The minimum Gasteiger partial charge on any atom is -0.327 e. The number of halogens is 2. The van der Waals surface area contributed by atoms with Crippen molar-refractivity contribution in [3.05, 3.63) is 63.6 Å². The molecule has 2 unspecified atom stereocenters. The monoisotopic (exact) mass is 366 g/mol. The van der Waals surface area contributed by atoms with Crippen molar-refractivity contribution < 1.29 is 0 Å². The third-order valence-corrected chi connectivity index (χ3v) is 6.18. The summed E-state index contributed by atoms with van der Waals surface area (Å²) >= 11 is 11.8. The second-order valence-corrected chi connectivity index (χ2v) is 8.18. The molecular weight excluding hydrogens is 351 g/mol. The normalized spacial score (nSPS) is 23.9. The van der Waals surface area contributed by atoms with E-state index in [0.29, 0.717) is 16.7 Å². The third-order valence-electron chi connectivity index (χ3n) is 3.88. The summed E-state index contributed by atoms with van der Waals surface area (Å²) in [6, 6.07) is 7.46. The van der Waals surface area contributed by atoms with Crippen molar-refractivity contribution in [2.24, 2.45) is 0 Å². The summed E-state index contributed by atoms with van der Waals surface area (Å²) < 4.78 is 8.55. The van der Waals surface area contributed by atoms with Gasteiger partial charge in [-0.1, -0.05) is 40.0 Å². The summed E-state index contributed by atoms with van der Waals surface area (Å²) in [5.74, 6) is 0. The molecule has 0 saturated carbocycles. The van der Waals surface area contributed by atoms with Gasteiger partial charge in [0.05, 0.1) is 11.9 Å². The molecule has 0 aliphatic carbocycles. The van der Waals surface area contributed by atoms with E-state index in [2.05, 4.69) is 21.8 Å². The molecule has 1 aliphatic heterocycles. The van der Waals surface area contributed by atoms with Gasteiger partial charge >= 0.3 is 0 Å².